The number of pyridine rings is 1. The van der Waals surface area contributed by atoms with Gasteiger partial charge in [-0.1, -0.05) is 0 Å². The highest BCUT2D eigenvalue weighted by molar-refractivity contribution is 5.94. The lowest BCUT2D eigenvalue weighted by molar-refractivity contribution is 0.0692. The zero-order valence-electron chi connectivity index (χ0n) is 12.1. The highest BCUT2D eigenvalue weighted by Crippen LogP contribution is 2.10. The highest BCUT2D eigenvalue weighted by Gasteiger charge is 2.17. The molecule has 21 heavy (non-hydrogen) atoms. The van der Waals surface area contributed by atoms with Crippen molar-refractivity contribution in [2.75, 3.05) is 7.05 Å². The van der Waals surface area contributed by atoms with E-state index in [0.717, 1.165) is 5.82 Å². The first-order chi connectivity index (χ1) is 9.90. The number of carbonyl (C=O) groups is 2. The Morgan fingerprint density at radius 3 is 2.62 bits per heavy atom. The Morgan fingerprint density at radius 2 is 2.10 bits per heavy atom. The van der Waals surface area contributed by atoms with Gasteiger partial charge in [0.05, 0.1) is 17.8 Å². The molecule has 0 saturated heterocycles. The van der Waals surface area contributed by atoms with Crippen molar-refractivity contribution < 1.29 is 14.7 Å². The summed E-state index contributed by atoms with van der Waals surface area (Å²) in [7, 11) is 3.50. The maximum absolute atomic E-state index is 12.3. The van der Waals surface area contributed by atoms with E-state index in [1.54, 1.807) is 26.4 Å². The molecular weight excluding hydrogens is 272 g/mol. The molecule has 0 aliphatic heterocycles. The van der Waals surface area contributed by atoms with E-state index in [0.29, 0.717) is 12.2 Å². The minimum Gasteiger partial charge on any atom is -0.478 e. The number of hydrogen-bond acceptors (Lipinski definition) is 4. The summed E-state index contributed by atoms with van der Waals surface area (Å²) in [6.07, 6.45) is 3.47. The van der Waals surface area contributed by atoms with E-state index in [4.69, 9.17) is 5.11 Å². The summed E-state index contributed by atoms with van der Waals surface area (Å²) in [6.45, 7) is 1.92. The van der Waals surface area contributed by atoms with Crippen LogP contribution in [0.15, 0.2) is 24.5 Å². The monoisotopic (exact) mass is 288 g/mol. The Labute approximate surface area is 121 Å². The fourth-order valence-corrected chi connectivity index (χ4v) is 1.93. The van der Waals surface area contributed by atoms with Crippen molar-refractivity contribution in [3.63, 3.8) is 0 Å². The number of hydrogen-bond donors (Lipinski definition) is 1. The molecule has 2 heterocycles. The number of carboxylic acid groups (broad SMARTS) is 1. The lowest BCUT2D eigenvalue weighted by Gasteiger charge is -2.16. The van der Waals surface area contributed by atoms with Crippen molar-refractivity contribution in [1.29, 1.82) is 0 Å². The van der Waals surface area contributed by atoms with Gasteiger partial charge in [0.15, 0.2) is 0 Å². The molecule has 0 aliphatic carbocycles. The van der Waals surface area contributed by atoms with Crippen LogP contribution in [0.2, 0.25) is 0 Å². The van der Waals surface area contributed by atoms with E-state index in [-0.39, 0.29) is 17.2 Å². The fraction of sp³-hybridized carbons (Fsp3) is 0.286. The van der Waals surface area contributed by atoms with Crippen LogP contribution >= 0.6 is 0 Å². The number of imidazole rings is 1. The molecule has 1 N–H and O–H groups in total. The van der Waals surface area contributed by atoms with Crippen LogP contribution in [0.1, 0.15) is 32.4 Å². The molecule has 0 fully saturated rings. The molecule has 0 aromatic carbocycles. The van der Waals surface area contributed by atoms with E-state index < -0.39 is 5.97 Å². The van der Waals surface area contributed by atoms with E-state index in [9.17, 15) is 9.59 Å². The number of carbonyl (C=O) groups excluding carboxylic acids is 1. The van der Waals surface area contributed by atoms with Crippen molar-refractivity contribution in [3.05, 3.63) is 47.3 Å². The summed E-state index contributed by atoms with van der Waals surface area (Å²) >= 11 is 0. The molecule has 0 unspecified atom stereocenters. The standard InChI is InChI=1S/C14H16N4O3/c1-9-10(14(20)21)4-5-11(16-9)13(19)18(3)8-12-15-6-7-17(12)2/h4-7H,8H2,1-3H3,(H,20,21). The molecule has 1 amide bonds. The Hall–Kier alpha value is -2.70. The van der Waals surface area contributed by atoms with Crippen molar-refractivity contribution in [1.82, 2.24) is 19.4 Å². The van der Waals surface area contributed by atoms with Gasteiger partial charge < -0.3 is 14.6 Å². The molecule has 110 valence electrons. The number of nitrogens with zero attached hydrogens (tertiary/aromatic N) is 4. The van der Waals surface area contributed by atoms with Crippen LogP contribution in [0.4, 0.5) is 0 Å². The second kappa shape index (κ2) is 5.74. The highest BCUT2D eigenvalue weighted by atomic mass is 16.4. The van der Waals surface area contributed by atoms with Gasteiger partial charge in [0.2, 0.25) is 0 Å². The van der Waals surface area contributed by atoms with E-state index in [1.165, 1.54) is 17.0 Å². The molecule has 2 aromatic rings. The average Bonchev–Trinajstić information content (AvgIpc) is 2.82. The first kappa shape index (κ1) is 14.7. The van der Waals surface area contributed by atoms with Gasteiger partial charge in [-0.15, -0.1) is 0 Å². The SMILES string of the molecule is Cc1nc(C(=O)N(C)Cc2nccn2C)ccc1C(=O)O. The van der Waals surface area contributed by atoms with Gasteiger partial charge in [0, 0.05) is 26.5 Å². The van der Waals surface area contributed by atoms with Crippen LogP contribution in [0.25, 0.3) is 0 Å². The third kappa shape index (κ3) is 3.07. The van der Waals surface area contributed by atoms with Crippen LogP contribution in [0, 0.1) is 6.92 Å². The molecular formula is C14H16N4O3. The van der Waals surface area contributed by atoms with Crippen LogP contribution in [0.3, 0.4) is 0 Å². The van der Waals surface area contributed by atoms with Gasteiger partial charge >= 0.3 is 5.97 Å². The van der Waals surface area contributed by atoms with E-state index in [2.05, 4.69) is 9.97 Å². The number of aromatic carboxylic acids is 1. The first-order valence-corrected chi connectivity index (χ1v) is 6.32. The number of amides is 1. The molecule has 0 atom stereocenters. The number of aromatic nitrogens is 3. The Balaban J connectivity index is 2.18. The van der Waals surface area contributed by atoms with Gasteiger partial charge in [-0.25, -0.2) is 14.8 Å². The minimum atomic E-state index is -1.06. The molecule has 2 aromatic heterocycles. The van der Waals surface area contributed by atoms with Crippen molar-refractivity contribution in [3.8, 4) is 0 Å². The van der Waals surface area contributed by atoms with E-state index in [1.807, 2.05) is 11.6 Å². The van der Waals surface area contributed by atoms with Crippen LogP contribution in [-0.2, 0) is 13.6 Å². The van der Waals surface area contributed by atoms with Gasteiger partial charge in [-0.2, -0.15) is 0 Å². The number of rotatable bonds is 4. The van der Waals surface area contributed by atoms with Crippen molar-refractivity contribution >= 4 is 11.9 Å². The maximum atomic E-state index is 12.3. The molecule has 0 radical (unpaired) electrons. The zero-order chi connectivity index (χ0) is 15.6. The summed E-state index contributed by atoms with van der Waals surface area (Å²) in [6, 6.07) is 2.82. The maximum Gasteiger partial charge on any atom is 0.337 e. The first-order valence-electron chi connectivity index (χ1n) is 6.32. The molecule has 2 rings (SSSR count). The predicted molar refractivity (Wildman–Crippen MR) is 74.9 cm³/mol. The van der Waals surface area contributed by atoms with Gasteiger partial charge in [-0.3, -0.25) is 4.79 Å². The smallest absolute Gasteiger partial charge is 0.337 e. The van der Waals surface area contributed by atoms with Crippen molar-refractivity contribution in [2.45, 2.75) is 13.5 Å². The molecule has 7 nitrogen and oxygen atoms in total. The summed E-state index contributed by atoms with van der Waals surface area (Å²) < 4.78 is 1.83. The van der Waals surface area contributed by atoms with Crippen LogP contribution < -0.4 is 0 Å². The predicted octanol–water partition coefficient (Wildman–Crippen LogP) is 1.09. The van der Waals surface area contributed by atoms with E-state index >= 15 is 0 Å². The lowest BCUT2D eigenvalue weighted by atomic mass is 10.2. The Morgan fingerprint density at radius 1 is 1.38 bits per heavy atom. The number of carboxylic acids is 1. The van der Waals surface area contributed by atoms with Crippen molar-refractivity contribution in [2.24, 2.45) is 7.05 Å². The molecule has 0 aliphatic rings. The third-order valence-corrected chi connectivity index (χ3v) is 3.18. The van der Waals surface area contributed by atoms with Gasteiger partial charge in [-0.05, 0) is 19.1 Å². The fourth-order valence-electron chi connectivity index (χ4n) is 1.93. The molecule has 7 heteroatoms. The summed E-state index contributed by atoms with van der Waals surface area (Å²) in [5.41, 5.74) is 0.631. The third-order valence-electron chi connectivity index (χ3n) is 3.18. The topological polar surface area (TPSA) is 88.3 Å². The summed E-state index contributed by atoms with van der Waals surface area (Å²) in [5, 5.41) is 8.96. The van der Waals surface area contributed by atoms with Crippen LogP contribution in [0.5, 0.6) is 0 Å². The normalized spacial score (nSPS) is 10.4. The Kier molecular flexibility index (Phi) is 4.02. The quantitative estimate of drug-likeness (QED) is 0.910. The largest absolute Gasteiger partial charge is 0.478 e. The molecule has 0 spiro atoms. The lowest BCUT2D eigenvalue weighted by Crippen LogP contribution is -2.28. The Bertz CT molecular complexity index is 693. The van der Waals surface area contributed by atoms with Gasteiger partial charge in [0.25, 0.3) is 5.91 Å². The minimum absolute atomic E-state index is 0.0957. The van der Waals surface area contributed by atoms with Gasteiger partial charge in [0.1, 0.15) is 11.5 Å². The average molecular weight is 288 g/mol. The molecule has 0 saturated carbocycles. The number of aryl methyl sites for hydroxylation is 2. The summed E-state index contributed by atoms with van der Waals surface area (Å²) in [4.78, 5) is 33.0. The second-order valence-electron chi connectivity index (χ2n) is 4.75. The second-order valence-corrected chi connectivity index (χ2v) is 4.75. The summed E-state index contributed by atoms with van der Waals surface area (Å²) in [5.74, 6) is -0.580. The molecule has 0 bridgehead atoms. The van der Waals surface area contributed by atoms with Crippen LogP contribution in [-0.4, -0.2) is 43.5 Å². The zero-order valence-corrected chi connectivity index (χ0v) is 12.1.